The first kappa shape index (κ1) is 8.63. The first-order valence-corrected chi connectivity index (χ1v) is 3.20. The van der Waals surface area contributed by atoms with E-state index in [2.05, 4.69) is 0 Å². The lowest BCUT2D eigenvalue weighted by atomic mass is 9.99. The Hall–Kier alpha value is -0.370. The van der Waals surface area contributed by atoms with E-state index in [1.807, 2.05) is 13.8 Å². The smallest absolute Gasteiger partial charge is 0.129 e. The number of carbonyl (C=O) groups is 1. The second-order valence-corrected chi connectivity index (χ2v) is 3.19. The Morgan fingerprint density at radius 1 is 1.56 bits per heavy atom. The van der Waals surface area contributed by atoms with Crippen molar-refractivity contribution in [1.29, 1.82) is 0 Å². The van der Waals surface area contributed by atoms with Gasteiger partial charge in [0, 0.05) is 12.0 Å². The summed E-state index contributed by atoms with van der Waals surface area (Å²) in [5.74, 6) is 0.216. The molecule has 2 nitrogen and oxygen atoms in total. The summed E-state index contributed by atoms with van der Waals surface area (Å²) in [4.78, 5) is 10.4. The second-order valence-electron chi connectivity index (χ2n) is 3.19. The van der Waals surface area contributed by atoms with Crippen LogP contribution < -0.4 is 5.73 Å². The number of carbonyl (C=O) groups excluding carboxylic acids is 1. The zero-order valence-electron chi connectivity index (χ0n) is 6.40. The maximum Gasteiger partial charge on any atom is 0.129 e. The lowest BCUT2D eigenvalue weighted by Gasteiger charge is -2.16. The summed E-state index contributed by atoms with van der Waals surface area (Å²) in [5.41, 5.74) is 5.44. The SMILES string of the molecule is CC(=O)CCC(C)(C)N. The lowest BCUT2D eigenvalue weighted by Crippen LogP contribution is -2.32. The maximum atomic E-state index is 10.4. The molecule has 0 radical (unpaired) electrons. The third-order valence-corrected chi connectivity index (χ3v) is 1.12. The van der Waals surface area contributed by atoms with Crippen molar-refractivity contribution in [3.63, 3.8) is 0 Å². The van der Waals surface area contributed by atoms with Gasteiger partial charge in [-0.25, -0.2) is 0 Å². The molecule has 0 unspecified atom stereocenters. The molecule has 0 aromatic rings. The van der Waals surface area contributed by atoms with E-state index in [1.54, 1.807) is 6.92 Å². The molecule has 0 bridgehead atoms. The Balaban J connectivity index is 3.39. The van der Waals surface area contributed by atoms with Crippen LogP contribution in [0.4, 0.5) is 0 Å². The Labute approximate surface area is 56.4 Å². The van der Waals surface area contributed by atoms with E-state index in [-0.39, 0.29) is 11.3 Å². The van der Waals surface area contributed by atoms with Crippen LogP contribution in [0.15, 0.2) is 0 Å². The van der Waals surface area contributed by atoms with Gasteiger partial charge >= 0.3 is 0 Å². The van der Waals surface area contributed by atoms with Gasteiger partial charge in [0.2, 0.25) is 0 Å². The van der Waals surface area contributed by atoms with Gasteiger partial charge in [0.05, 0.1) is 0 Å². The zero-order valence-corrected chi connectivity index (χ0v) is 6.40. The van der Waals surface area contributed by atoms with Crippen LogP contribution >= 0.6 is 0 Å². The van der Waals surface area contributed by atoms with Crippen LogP contribution in [0.5, 0.6) is 0 Å². The van der Waals surface area contributed by atoms with E-state index >= 15 is 0 Å². The molecular weight excluding hydrogens is 114 g/mol. The fraction of sp³-hybridized carbons (Fsp3) is 0.857. The quantitative estimate of drug-likeness (QED) is 0.620. The number of rotatable bonds is 3. The first-order chi connectivity index (χ1) is 3.92. The Bertz CT molecular complexity index is 102. The predicted octanol–water partition coefficient (Wildman–Crippen LogP) is 1.09. The van der Waals surface area contributed by atoms with Crippen LogP contribution in [0.2, 0.25) is 0 Å². The van der Waals surface area contributed by atoms with Crippen LogP contribution in [0.1, 0.15) is 33.6 Å². The van der Waals surface area contributed by atoms with Gasteiger partial charge in [-0.05, 0) is 27.2 Å². The van der Waals surface area contributed by atoms with E-state index in [4.69, 9.17) is 5.73 Å². The molecule has 0 amide bonds. The van der Waals surface area contributed by atoms with Crippen LogP contribution in [0.3, 0.4) is 0 Å². The van der Waals surface area contributed by atoms with Gasteiger partial charge in [0.25, 0.3) is 0 Å². The second kappa shape index (κ2) is 2.97. The molecule has 0 aliphatic heterocycles. The average molecular weight is 129 g/mol. The molecule has 0 aromatic carbocycles. The molecule has 0 saturated heterocycles. The molecule has 54 valence electrons. The molecule has 2 N–H and O–H groups in total. The summed E-state index contributed by atoms with van der Waals surface area (Å²) < 4.78 is 0. The molecule has 0 saturated carbocycles. The summed E-state index contributed by atoms with van der Waals surface area (Å²) >= 11 is 0. The van der Waals surface area contributed by atoms with Gasteiger partial charge in [0.15, 0.2) is 0 Å². The Morgan fingerprint density at radius 3 is 2.11 bits per heavy atom. The van der Waals surface area contributed by atoms with E-state index in [0.29, 0.717) is 6.42 Å². The van der Waals surface area contributed by atoms with E-state index in [9.17, 15) is 4.79 Å². The van der Waals surface area contributed by atoms with Crippen molar-refractivity contribution in [2.45, 2.75) is 39.2 Å². The number of hydrogen-bond donors (Lipinski definition) is 1. The van der Waals surface area contributed by atoms with Gasteiger partial charge in [-0.3, -0.25) is 0 Å². The van der Waals surface area contributed by atoms with Gasteiger partial charge in [-0.15, -0.1) is 0 Å². The van der Waals surface area contributed by atoms with Gasteiger partial charge in [-0.2, -0.15) is 0 Å². The van der Waals surface area contributed by atoms with E-state index in [1.165, 1.54) is 0 Å². The van der Waals surface area contributed by atoms with Crippen molar-refractivity contribution in [1.82, 2.24) is 0 Å². The number of Topliss-reactive ketones (excluding diaryl/α,β-unsaturated/α-hetero) is 1. The molecule has 0 aliphatic rings. The Kier molecular flexibility index (Phi) is 2.85. The third-order valence-electron chi connectivity index (χ3n) is 1.12. The van der Waals surface area contributed by atoms with Crippen molar-refractivity contribution in [3.05, 3.63) is 0 Å². The molecule has 0 spiro atoms. The van der Waals surface area contributed by atoms with Crippen molar-refractivity contribution in [3.8, 4) is 0 Å². The Morgan fingerprint density at radius 2 is 2.00 bits per heavy atom. The predicted molar refractivity (Wildman–Crippen MR) is 38.2 cm³/mol. The lowest BCUT2D eigenvalue weighted by molar-refractivity contribution is -0.117. The highest BCUT2D eigenvalue weighted by atomic mass is 16.1. The van der Waals surface area contributed by atoms with E-state index < -0.39 is 0 Å². The minimum absolute atomic E-state index is 0.189. The number of ketones is 1. The summed E-state index contributed by atoms with van der Waals surface area (Å²) in [6.07, 6.45) is 1.38. The highest BCUT2D eigenvalue weighted by Crippen LogP contribution is 2.06. The highest BCUT2D eigenvalue weighted by molar-refractivity contribution is 5.75. The van der Waals surface area contributed by atoms with Crippen LogP contribution in [0.25, 0.3) is 0 Å². The average Bonchev–Trinajstić information content (AvgIpc) is 1.59. The van der Waals surface area contributed by atoms with Crippen molar-refractivity contribution >= 4 is 5.78 Å². The summed E-state index contributed by atoms with van der Waals surface area (Å²) in [7, 11) is 0. The summed E-state index contributed by atoms with van der Waals surface area (Å²) in [5, 5.41) is 0. The topological polar surface area (TPSA) is 43.1 Å². The zero-order chi connectivity index (χ0) is 7.49. The highest BCUT2D eigenvalue weighted by Gasteiger charge is 2.10. The summed E-state index contributed by atoms with van der Waals surface area (Å²) in [6, 6.07) is 0. The molecule has 0 aliphatic carbocycles. The first-order valence-electron chi connectivity index (χ1n) is 3.20. The normalized spacial score (nSPS) is 11.6. The van der Waals surface area contributed by atoms with Gasteiger partial charge < -0.3 is 10.5 Å². The minimum Gasteiger partial charge on any atom is -0.326 e. The molecule has 0 fully saturated rings. The molecule has 0 rings (SSSR count). The molecule has 0 atom stereocenters. The van der Waals surface area contributed by atoms with Crippen molar-refractivity contribution in [2.75, 3.05) is 0 Å². The fourth-order valence-electron chi connectivity index (χ4n) is 0.498. The maximum absolute atomic E-state index is 10.4. The minimum atomic E-state index is -0.189. The fourth-order valence-corrected chi connectivity index (χ4v) is 0.498. The molecule has 0 aromatic heterocycles. The largest absolute Gasteiger partial charge is 0.326 e. The van der Waals surface area contributed by atoms with Crippen molar-refractivity contribution in [2.24, 2.45) is 5.73 Å². The molecule has 9 heavy (non-hydrogen) atoms. The number of hydrogen-bond acceptors (Lipinski definition) is 2. The van der Waals surface area contributed by atoms with Gasteiger partial charge in [-0.1, -0.05) is 0 Å². The van der Waals surface area contributed by atoms with Crippen LogP contribution in [-0.4, -0.2) is 11.3 Å². The van der Waals surface area contributed by atoms with Gasteiger partial charge in [0.1, 0.15) is 5.78 Å². The molecule has 2 heteroatoms. The standard InChI is InChI=1S/C7H15NO/c1-6(9)4-5-7(2,3)8/h4-5,8H2,1-3H3. The van der Waals surface area contributed by atoms with Crippen LogP contribution in [-0.2, 0) is 4.79 Å². The van der Waals surface area contributed by atoms with Crippen molar-refractivity contribution < 1.29 is 4.79 Å². The molecular formula is C7H15NO. The monoisotopic (exact) mass is 129 g/mol. The van der Waals surface area contributed by atoms with E-state index in [0.717, 1.165) is 6.42 Å². The van der Waals surface area contributed by atoms with Crippen LogP contribution in [0, 0.1) is 0 Å². The summed E-state index contributed by atoms with van der Waals surface area (Å²) in [6.45, 7) is 5.44. The molecule has 0 heterocycles. The number of nitrogens with two attached hydrogens (primary N) is 1. The third kappa shape index (κ3) is 7.63.